The molecule has 0 unspecified atom stereocenters. The average Bonchev–Trinajstić information content (AvgIpc) is 3.34. The minimum atomic E-state index is -0.266. The number of amides is 2. The van der Waals surface area contributed by atoms with E-state index in [-0.39, 0.29) is 23.8 Å². The smallest absolute Gasteiger partial charge is 0.318 e. The summed E-state index contributed by atoms with van der Waals surface area (Å²) in [5.74, 6) is 0.00745. The molecule has 0 bridgehead atoms. The van der Waals surface area contributed by atoms with Crippen LogP contribution in [0.3, 0.4) is 0 Å². The fraction of sp³-hybridized carbons (Fsp3) is 0.400. The first-order chi connectivity index (χ1) is 15.0. The van der Waals surface area contributed by atoms with Crippen molar-refractivity contribution in [3.63, 3.8) is 0 Å². The fourth-order valence-electron chi connectivity index (χ4n) is 5.00. The number of thiophene rings is 1. The van der Waals surface area contributed by atoms with E-state index in [9.17, 15) is 9.18 Å². The Morgan fingerprint density at radius 3 is 2.71 bits per heavy atom. The molecule has 2 aromatic heterocycles. The maximum atomic E-state index is 13.5. The first kappa shape index (κ1) is 20.3. The molecule has 4 nitrogen and oxygen atoms in total. The van der Waals surface area contributed by atoms with Crippen molar-refractivity contribution in [3.05, 3.63) is 75.7 Å². The lowest BCUT2D eigenvalue weighted by Crippen LogP contribution is -2.43. The third-order valence-electron chi connectivity index (χ3n) is 6.48. The van der Waals surface area contributed by atoms with Gasteiger partial charge >= 0.3 is 6.03 Å². The van der Waals surface area contributed by atoms with E-state index in [4.69, 9.17) is 0 Å². The van der Waals surface area contributed by atoms with Gasteiger partial charge in [0.05, 0.1) is 12.6 Å². The Kier molecular flexibility index (Phi) is 5.34. The number of nitrogens with zero attached hydrogens (tertiary/aromatic N) is 2. The number of halogens is 1. The van der Waals surface area contributed by atoms with Crippen LogP contribution in [0.15, 0.2) is 42.6 Å². The highest BCUT2D eigenvalue weighted by Gasteiger charge is 2.36. The third kappa shape index (κ3) is 3.67. The molecule has 1 atom stereocenters. The molecule has 0 saturated heterocycles. The van der Waals surface area contributed by atoms with E-state index in [0.29, 0.717) is 13.1 Å². The lowest BCUT2D eigenvalue weighted by molar-refractivity contribution is 0.149. The minimum Gasteiger partial charge on any atom is -0.334 e. The van der Waals surface area contributed by atoms with E-state index >= 15 is 0 Å². The summed E-state index contributed by atoms with van der Waals surface area (Å²) in [5.41, 5.74) is 4.84. The van der Waals surface area contributed by atoms with Crippen molar-refractivity contribution in [1.29, 1.82) is 0 Å². The second kappa shape index (κ2) is 8.15. The standard InChI is InChI=1S/C25H28FN3OS/c1-16(2)23-21-7-5-13-28(21)24-20(19-6-3-4-8-22(19)31-24)15-29(23)25(30)27-14-17-9-11-18(26)12-10-17/h5,7,9-13,16,23H,3-4,6,8,14-15H2,1-2H3,(H,27,30)/t23-/m1/s1. The summed E-state index contributed by atoms with van der Waals surface area (Å²) in [4.78, 5) is 17.0. The summed E-state index contributed by atoms with van der Waals surface area (Å²) in [7, 11) is 0. The van der Waals surface area contributed by atoms with Gasteiger partial charge in [-0.05, 0) is 67.0 Å². The van der Waals surface area contributed by atoms with Gasteiger partial charge in [0, 0.05) is 28.9 Å². The van der Waals surface area contributed by atoms with Crippen molar-refractivity contribution in [3.8, 4) is 5.00 Å². The Bertz CT molecular complexity index is 1100. The first-order valence-electron chi connectivity index (χ1n) is 11.1. The van der Waals surface area contributed by atoms with Crippen LogP contribution in [0, 0.1) is 11.7 Å². The number of carbonyl (C=O) groups is 1. The van der Waals surface area contributed by atoms with Crippen molar-refractivity contribution in [2.45, 2.75) is 58.7 Å². The molecular weight excluding hydrogens is 409 g/mol. The topological polar surface area (TPSA) is 37.3 Å². The van der Waals surface area contributed by atoms with Crippen LogP contribution in [0.5, 0.6) is 0 Å². The molecule has 6 heteroatoms. The number of nitrogens with one attached hydrogen (secondary N) is 1. The molecule has 0 spiro atoms. The normalized spacial score (nSPS) is 17.7. The van der Waals surface area contributed by atoms with E-state index < -0.39 is 0 Å². The number of fused-ring (bicyclic) bond motifs is 5. The van der Waals surface area contributed by atoms with E-state index in [0.717, 1.165) is 18.4 Å². The number of aryl methyl sites for hydroxylation is 1. The van der Waals surface area contributed by atoms with E-state index in [1.54, 1.807) is 12.1 Å². The van der Waals surface area contributed by atoms with Crippen LogP contribution in [0.4, 0.5) is 9.18 Å². The molecule has 5 rings (SSSR count). The van der Waals surface area contributed by atoms with Gasteiger partial charge in [-0.1, -0.05) is 26.0 Å². The molecule has 1 aromatic carbocycles. The van der Waals surface area contributed by atoms with Gasteiger partial charge in [0.25, 0.3) is 0 Å². The largest absolute Gasteiger partial charge is 0.334 e. The Morgan fingerprint density at radius 2 is 1.94 bits per heavy atom. The third-order valence-corrected chi connectivity index (χ3v) is 7.81. The monoisotopic (exact) mass is 437 g/mol. The predicted molar refractivity (Wildman–Crippen MR) is 122 cm³/mol. The van der Waals surface area contributed by atoms with Gasteiger partial charge in [-0.15, -0.1) is 11.3 Å². The van der Waals surface area contributed by atoms with E-state index in [1.807, 2.05) is 16.2 Å². The molecule has 162 valence electrons. The van der Waals surface area contributed by atoms with Gasteiger partial charge in [-0.3, -0.25) is 0 Å². The summed E-state index contributed by atoms with van der Waals surface area (Å²) in [6.07, 6.45) is 6.87. The van der Waals surface area contributed by atoms with E-state index in [1.165, 1.54) is 51.7 Å². The van der Waals surface area contributed by atoms with Crippen LogP contribution in [0.2, 0.25) is 0 Å². The lowest BCUT2D eigenvalue weighted by atomic mass is 9.94. The Balaban J connectivity index is 1.50. The van der Waals surface area contributed by atoms with Crippen molar-refractivity contribution in [2.75, 3.05) is 0 Å². The van der Waals surface area contributed by atoms with Crippen molar-refractivity contribution in [1.82, 2.24) is 14.8 Å². The number of hydrogen-bond donors (Lipinski definition) is 1. The van der Waals surface area contributed by atoms with Crippen molar-refractivity contribution in [2.24, 2.45) is 5.92 Å². The molecule has 1 aliphatic carbocycles. The zero-order valence-corrected chi connectivity index (χ0v) is 18.8. The van der Waals surface area contributed by atoms with Gasteiger partial charge in [-0.25, -0.2) is 9.18 Å². The summed E-state index contributed by atoms with van der Waals surface area (Å²) >= 11 is 1.91. The van der Waals surface area contributed by atoms with Crippen LogP contribution < -0.4 is 5.32 Å². The van der Waals surface area contributed by atoms with Crippen LogP contribution in [0.1, 0.15) is 60.0 Å². The first-order valence-corrected chi connectivity index (χ1v) is 11.9. The maximum Gasteiger partial charge on any atom is 0.318 e. The molecular formula is C25H28FN3OS. The summed E-state index contributed by atoms with van der Waals surface area (Å²) in [5, 5.41) is 4.37. The van der Waals surface area contributed by atoms with Crippen LogP contribution in [-0.4, -0.2) is 15.5 Å². The number of hydrogen-bond acceptors (Lipinski definition) is 2. The average molecular weight is 438 g/mol. The quantitative estimate of drug-likeness (QED) is 0.538. The molecule has 0 radical (unpaired) electrons. The number of aromatic nitrogens is 1. The van der Waals surface area contributed by atoms with Gasteiger partial charge in [0.15, 0.2) is 0 Å². The van der Waals surface area contributed by atoms with Gasteiger partial charge in [0.2, 0.25) is 0 Å². The SMILES string of the molecule is CC(C)[C@@H]1c2cccn2-c2sc3c(c2CN1C(=O)NCc1ccc(F)cc1)CCCC3. The zero-order chi connectivity index (χ0) is 21.5. The highest BCUT2D eigenvalue weighted by molar-refractivity contribution is 7.15. The number of carbonyl (C=O) groups excluding carboxylic acids is 1. The second-order valence-electron chi connectivity index (χ2n) is 8.90. The Morgan fingerprint density at radius 1 is 1.16 bits per heavy atom. The summed E-state index contributed by atoms with van der Waals surface area (Å²) < 4.78 is 15.5. The number of urea groups is 1. The molecule has 1 aliphatic heterocycles. The minimum absolute atomic E-state index is 0.0120. The molecule has 3 aromatic rings. The van der Waals surface area contributed by atoms with Crippen molar-refractivity contribution < 1.29 is 9.18 Å². The maximum absolute atomic E-state index is 13.5. The van der Waals surface area contributed by atoms with E-state index in [2.05, 4.69) is 42.1 Å². The van der Waals surface area contributed by atoms with Crippen molar-refractivity contribution >= 4 is 17.4 Å². The van der Waals surface area contributed by atoms with Gasteiger partial charge in [-0.2, -0.15) is 0 Å². The van der Waals surface area contributed by atoms with Crippen LogP contribution >= 0.6 is 11.3 Å². The molecule has 0 fully saturated rings. The molecule has 31 heavy (non-hydrogen) atoms. The predicted octanol–water partition coefficient (Wildman–Crippen LogP) is 5.98. The van der Waals surface area contributed by atoms with Crippen LogP contribution in [0.25, 0.3) is 5.00 Å². The molecule has 2 amide bonds. The van der Waals surface area contributed by atoms with Gasteiger partial charge < -0.3 is 14.8 Å². The Labute approximate surface area is 186 Å². The lowest BCUT2D eigenvalue weighted by Gasteiger charge is -2.33. The summed E-state index contributed by atoms with van der Waals surface area (Å²) in [6, 6.07) is 10.5. The van der Waals surface area contributed by atoms with Gasteiger partial charge in [0.1, 0.15) is 10.8 Å². The Hall–Kier alpha value is -2.60. The summed E-state index contributed by atoms with van der Waals surface area (Å²) in [6.45, 7) is 5.37. The number of benzene rings is 1. The zero-order valence-electron chi connectivity index (χ0n) is 18.0. The molecule has 3 heterocycles. The number of rotatable bonds is 3. The highest BCUT2D eigenvalue weighted by Crippen LogP contribution is 2.43. The second-order valence-corrected chi connectivity index (χ2v) is 9.98. The highest BCUT2D eigenvalue weighted by atomic mass is 32.1. The molecule has 1 N–H and O–H groups in total. The van der Waals surface area contributed by atoms with Crippen LogP contribution in [-0.2, 0) is 25.9 Å². The fourth-order valence-corrected chi connectivity index (χ4v) is 6.41. The molecule has 0 saturated carbocycles. The molecule has 2 aliphatic rings.